The van der Waals surface area contributed by atoms with E-state index in [1.165, 1.54) is 4.52 Å². The molecule has 8 heteroatoms. The molecule has 3 aromatic rings. The Morgan fingerprint density at radius 3 is 2.57 bits per heavy atom. The fourth-order valence-electron chi connectivity index (χ4n) is 2.27. The Bertz CT molecular complexity index is 924. The third-order valence-electron chi connectivity index (χ3n) is 3.33. The van der Waals surface area contributed by atoms with Crippen LogP contribution in [0.15, 0.2) is 47.6 Å². The Hall–Kier alpha value is -2.48. The van der Waals surface area contributed by atoms with Crippen LogP contribution in [0.1, 0.15) is 26.3 Å². The van der Waals surface area contributed by atoms with Crippen molar-refractivity contribution >= 4 is 21.7 Å². The molecule has 1 N–H and O–H groups in total. The molecule has 0 aliphatic heterocycles. The zero-order valence-corrected chi connectivity index (χ0v) is 13.9. The van der Waals surface area contributed by atoms with Crippen molar-refractivity contribution in [3.8, 4) is 0 Å². The van der Waals surface area contributed by atoms with E-state index >= 15 is 0 Å². The van der Waals surface area contributed by atoms with Crippen LogP contribution in [0.25, 0.3) is 5.78 Å². The Labute approximate surface area is 134 Å². The van der Waals surface area contributed by atoms with Gasteiger partial charge in [-0.15, -0.1) is 5.10 Å². The number of benzene rings is 1. The van der Waals surface area contributed by atoms with Gasteiger partial charge in [0.25, 0.3) is 21.7 Å². The molecule has 0 amide bonds. The van der Waals surface area contributed by atoms with Crippen LogP contribution in [0.4, 0.5) is 5.95 Å². The summed E-state index contributed by atoms with van der Waals surface area (Å²) in [4.78, 5) is 8.30. The maximum Gasteiger partial charge on any atom is 0.264 e. The lowest BCUT2D eigenvalue weighted by Gasteiger charge is -2.22. The van der Waals surface area contributed by atoms with E-state index in [0.717, 1.165) is 5.56 Å². The van der Waals surface area contributed by atoms with Crippen LogP contribution in [0.5, 0.6) is 0 Å². The summed E-state index contributed by atoms with van der Waals surface area (Å²) in [6.45, 7) is 5.90. The molecular formula is C15H17N5O2S. The van der Waals surface area contributed by atoms with E-state index in [-0.39, 0.29) is 16.3 Å². The van der Waals surface area contributed by atoms with Gasteiger partial charge in [-0.2, -0.15) is 4.98 Å². The SMILES string of the molecule is CC(C)(C)c1ccccc1S(=O)(=O)Nc1nc2ncccn2n1. The molecule has 2 heterocycles. The highest BCUT2D eigenvalue weighted by Crippen LogP contribution is 2.29. The van der Waals surface area contributed by atoms with Crippen molar-refractivity contribution in [2.24, 2.45) is 0 Å². The van der Waals surface area contributed by atoms with Gasteiger partial charge in [0.05, 0.1) is 4.90 Å². The van der Waals surface area contributed by atoms with E-state index < -0.39 is 10.0 Å². The fraction of sp³-hybridized carbons (Fsp3) is 0.267. The van der Waals surface area contributed by atoms with Gasteiger partial charge in [0.15, 0.2) is 0 Å². The first-order valence-corrected chi connectivity index (χ1v) is 8.55. The molecule has 0 aliphatic carbocycles. The first-order chi connectivity index (χ1) is 10.8. The molecule has 0 bridgehead atoms. The molecule has 120 valence electrons. The van der Waals surface area contributed by atoms with E-state index in [9.17, 15) is 8.42 Å². The van der Waals surface area contributed by atoms with Gasteiger partial charge >= 0.3 is 0 Å². The van der Waals surface area contributed by atoms with Gasteiger partial charge in [-0.1, -0.05) is 39.0 Å². The Morgan fingerprint density at radius 2 is 1.87 bits per heavy atom. The van der Waals surface area contributed by atoms with Crippen molar-refractivity contribution < 1.29 is 8.42 Å². The molecule has 0 saturated carbocycles. The molecule has 0 fully saturated rings. The van der Waals surface area contributed by atoms with Crippen LogP contribution in [-0.4, -0.2) is 28.0 Å². The lowest BCUT2D eigenvalue weighted by Crippen LogP contribution is -2.21. The molecule has 0 unspecified atom stereocenters. The fourth-order valence-corrected chi connectivity index (χ4v) is 3.63. The summed E-state index contributed by atoms with van der Waals surface area (Å²) >= 11 is 0. The van der Waals surface area contributed by atoms with Crippen LogP contribution in [0.3, 0.4) is 0 Å². The maximum absolute atomic E-state index is 12.7. The summed E-state index contributed by atoms with van der Waals surface area (Å²) in [5.74, 6) is 0.321. The predicted octanol–water partition coefficient (Wildman–Crippen LogP) is 2.22. The van der Waals surface area contributed by atoms with Gasteiger partial charge in [-0.3, -0.25) is 0 Å². The van der Waals surface area contributed by atoms with Crippen LogP contribution in [0.2, 0.25) is 0 Å². The third-order valence-corrected chi connectivity index (χ3v) is 4.71. The second-order valence-electron chi connectivity index (χ2n) is 6.15. The topological polar surface area (TPSA) is 89.2 Å². The highest BCUT2D eigenvalue weighted by molar-refractivity contribution is 7.92. The van der Waals surface area contributed by atoms with Gasteiger partial charge in [-0.25, -0.2) is 22.6 Å². The van der Waals surface area contributed by atoms with Gasteiger partial charge in [0.1, 0.15) is 0 Å². The largest absolute Gasteiger partial charge is 0.264 e. The maximum atomic E-state index is 12.7. The molecule has 0 radical (unpaired) electrons. The predicted molar refractivity (Wildman–Crippen MR) is 86.7 cm³/mol. The highest BCUT2D eigenvalue weighted by atomic mass is 32.2. The average molecular weight is 331 g/mol. The summed E-state index contributed by atoms with van der Waals surface area (Å²) in [6.07, 6.45) is 3.22. The molecular weight excluding hydrogens is 314 g/mol. The first kappa shape index (κ1) is 15.4. The number of fused-ring (bicyclic) bond motifs is 1. The van der Waals surface area contributed by atoms with Crippen molar-refractivity contribution in [3.63, 3.8) is 0 Å². The van der Waals surface area contributed by atoms with Gasteiger partial charge < -0.3 is 0 Å². The standard InChI is InChI=1S/C15H17N5O2S/c1-15(2,3)11-7-4-5-8-12(11)23(21,22)19-13-17-14-16-9-6-10-20(14)18-13/h4-10H,1-3H3,(H,18,19). The average Bonchev–Trinajstić information content (AvgIpc) is 2.87. The quantitative estimate of drug-likeness (QED) is 0.795. The number of sulfonamides is 1. The number of aromatic nitrogens is 4. The molecule has 0 spiro atoms. The van der Waals surface area contributed by atoms with Crippen LogP contribution in [0, 0.1) is 0 Å². The molecule has 0 atom stereocenters. The van der Waals surface area contributed by atoms with E-state index in [2.05, 4.69) is 19.8 Å². The van der Waals surface area contributed by atoms with Crippen molar-refractivity contribution in [1.29, 1.82) is 0 Å². The summed E-state index contributed by atoms with van der Waals surface area (Å²) in [5, 5.41) is 4.07. The molecule has 0 saturated heterocycles. The van der Waals surface area contributed by atoms with Crippen LogP contribution >= 0.6 is 0 Å². The Morgan fingerprint density at radius 1 is 1.13 bits per heavy atom. The van der Waals surface area contributed by atoms with Gasteiger partial charge in [-0.05, 0) is 23.1 Å². The number of anilines is 1. The summed E-state index contributed by atoms with van der Waals surface area (Å²) < 4.78 is 29.3. The Kier molecular flexibility index (Phi) is 3.56. The number of nitrogens with one attached hydrogen (secondary N) is 1. The van der Waals surface area contributed by atoms with E-state index in [1.54, 1.807) is 30.6 Å². The van der Waals surface area contributed by atoms with E-state index in [1.807, 2.05) is 32.9 Å². The summed E-state index contributed by atoms with van der Waals surface area (Å²) in [6, 6.07) is 8.61. The van der Waals surface area contributed by atoms with E-state index in [0.29, 0.717) is 5.78 Å². The molecule has 1 aromatic carbocycles. The second-order valence-corrected chi connectivity index (χ2v) is 7.80. The zero-order valence-electron chi connectivity index (χ0n) is 13.1. The zero-order chi connectivity index (χ0) is 16.7. The van der Waals surface area contributed by atoms with Gasteiger partial charge in [0, 0.05) is 12.4 Å². The minimum Gasteiger partial charge on any atom is -0.246 e. The lowest BCUT2D eigenvalue weighted by molar-refractivity contribution is 0.563. The third kappa shape index (κ3) is 3.02. The molecule has 3 rings (SSSR count). The summed E-state index contributed by atoms with van der Waals surface area (Å²) in [7, 11) is -3.79. The number of hydrogen-bond donors (Lipinski definition) is 1. The molecule has 0 aliphatic rings. The summed E-state index contributed by atoms with van der Waals surface area (Å²) in [5.41, 5.74) is 0.425. The van der Waals surface area contributed by atoms with Crippen LogP contribution in [-0.2, 0) is 15.4 Å². The minimum absolute atomic E-state index is 0.00703. The number of rotatable bonds is 3. The normalized spacial score (nSPS) is 12.5. The molecule has 7 nitrogen and oxygen atoms in total. The second kappa shape index (κ2) is 5.31. The van der Waals surface area contributed by atoms with Crippen molar-refractivity contribution in [2.45, 2.75) is 31.1 Å². The monoisotopic (exact) mass is 331 g/mol. The van der Waals surface area contributed by atoms with E-state index in [4.69, 9.17) is 0 Å². The smallest absolute Gasteiger partial charge is 0.246 e. The molecule has 23 heavy (non-hydrogen) atoms. The van der Waals surface area contributed by atoms with Gasteiger partial charge in [0.2, 0.25) is 0 Å². The lowest BCUT2D eigenvalue weighted by atomic mass is 9.87. The van der Waals surface area contributed by atoms with Crippen LogP contribution < -0.4 is 4.72 Å². The molecule has 2 aromatic heterocycles. The van der Waals surface area contributed by atoms with Crippen molar-refractivity contribution in [2.75, 3.05) is 4.72 Å². The first-order valence-electron chi connectivity index (χ1n) is 7.07. The minimum atomic E-state index is -3.79. The number of hydrogen-bond acceptors (Lipinski definition) is 5. The Balaban J connectivity index is 2.03. The van der Waals surface area contributed by atoms with Crippen molar-refractivity contribution in [1.82, 2.24) is 19.6 Å². The van der Waals surface area contributed by atoms with Crippen molar-refractivity contribution in [3.05, 3.63) is 48.3 Å². The number of nitrogens with zero attached hydrogens (tertiary/aromatic N) is 4. The highest BCUT2D eigenvalue weighted by Gasteiger charge is 2.26.